The molecule has 0 atom stereocenters. The van der Waals surface area contributed by atoms with Crippen LogP contribution in [-0.4, -0.2) is 17.0 Å². The maximum atomic E-state index is 11.8. The molecule has 1 amide bonds. The van der Waals surface area contributed by atoms with Crippen molar-refractivity contribution in [3.8, 4) is 0 Å². The minimum absolute atomic E-state index is 0.0225. The van der Waals surface area contributed by atoms with Gasteiger partial charge in [0.2, 0.25) is 0 Å². The molecule has 0 bridgehead atoms. The van der Waals surface area contributed by atoms with E-state index < -0.39 is 11.9 Å². The Morgan fingerprint density at radius 3 is 2.33 bits per heavy atom. The number of carbonyl (C=O) groups excluding carboxylic acids is 1. The molecule has 0 radical (unpaired) electrons. The van der Waals surface area contributed by atoms with Gasteiger partial charge in [-0.25, -0.2) is 4.79 Å². The molecule has 0 heterocycles. The molecule has 0 aromatic heterocycles. The second-order valence-corrected chi connectivity index (χ2v) is 4.40. The minimum Gasteiger partial charge on any atom is -0.478 e. The molecule has 0 saturated heterocycles. The smallest absolute Gasteiger partial charge is 0.331 e. The zero-order valence-corrected chi connectivity index (χ0v) is 11.3. The molecule has 1 aromatic carbocycles. The first-order chi connectivity index (χ1) is 8.34. The molecule has 0 aliphatic rings. The lowest BCUT2D eigenvalue weighted by Gasteiger charge is -2.09. The van der Waals surface area contributed by atoms with Gasteiger partial charge in [0.1, 0.15) is 0 Å². The predicted octanol–water partition coefficient (Wildman–Crippen LogP) is 3.35. The topological polar surface area (TPSA) is 66.4 Å². The molecule has 1 aromatic rings. The van der Waals surface area contributed by atoms with Gasteiger partial charge in [-0.05, 0) is 26.0 Å². The van der Waals surface area contributed by atoms with Crippen LogP contribution >= 0.6 is 23.2 Å². The Kier molecular flexibility index (Phi) is 4.76. The molecule has 0 aliphatic heterocycles. The quantitative estimate of drug-likeness (QED) is 0.838. The summed E-state index contributed by atoms with van der Waals surface area (Å²) in [6.07, 6.45) is 0. The van der Waals surface area contributed by atoms with Crippen molar-refractivity contribution in [3.05, 3.63) is 39.4 Å². The molecule has 2 N–H and O–H groups in total. The molecule has 6 heteroatoms. The number of anilines is 1. The zero-order chi connectivity index (χ0) is 13.9. The van der Waals surface area contributed by atoms with Crippen molar-refractivity contribution < 1.29 is 14.7 Å². The Hall–Kier alpha value is -1.52. The molecule has 4 nitrogen and oxygen atoms in total. The van der Waals surface area contributed by atoms with Crippen LogP contribution in [0.15, 0.2) is 29.3 Å². The van der Waals surface area contributed by atoms with E-state index in [-0.39, 0.29) is 16.2 Å². The molecule has 0 spiro atoms. The first-order valence-corrected chi connectivity index (χ1v) is 5.76. The van der Waals surface area contributed by atoms with E-state index in [0.29, 0.717) is 10.7 Å². The van der Waals surface area contributed by atoms with Gasteiger partial charge in [0.25, 0.3) is 5.91 Å². The van der Waals surface area contributed by atoms with Gasteiger partial charge in [-0.15, -0.1) is 0 Å². The number of carbonyl (C=O) groups is 2. The van der Waals surface area contributed by atoms with Gasteiger partial charge in [-0.1, -0.05) is 29.3 Å². The first kappa shape index (κ1) is 14.5. The highest BCUT2D eigenvalue weighted by molar-refractivity contribution is 6.44. The third-order valence-electron chi connectivity index (χ3n) is 2.42. The summed E-state index contributed by atoms with van der Waals surface area (Å²) in [6, 6.07) is 4.80. The number of benzene rings is 1. The Morgan fingerprint density at radius 1 is 1.17 bits per heavy atom. The summed E-state index contributed by atoms with van der Waals surface area (Å²) >= 11 is 11.7. The van der Waals surface area contributed by atoms with Crippen molar-refractivity contribution in [1.82, 2.24) is 0 Å². The normalized spacial score (nSPS) is 11.8. The Labute approximate surface area is 114 Å². The second kappa shape index (κ2) is 5.89. The monoisotopic (exact) mass is 287 g/mol. The van der Waals surface area contributed by atoms with Gasteiger partial charge in [0, 0.05) is 11.1 Å². The number of carboxylic acids is 1. The lowest BCUT2D eigenvalue weighted by Crippen LogP contribution is -2.16. The van der Waals surface area contributed by atoms with E-state index in [1.54, 1.807) is 18.2 Å². The molecule has 96 valence electrons. The number of carboxylic acid groups (broad SMARTS) is 1. The molecule has 18 heavy (non-hydrogen) atoms. The lowest BCUT2D eigenvalue weighted by molar-refractivity contribution is -0.133. The number of hydrogen-bond acceptors (Lipinski definition) is 2. The summed E-state index contributed by atoms with van der Waals surface area (Å²) < 4.78 is 0. The van der Waals surface area contributed by atoms with E-state index in [1.165, 1.54) is 13.8 Å². The van der Waals surface area contributed by atoms with Crippen molar-refractivity contribution in [3.63, 3.8) is 0 Å². The molecule has 0 fully saturated rings. The van der Waals surface area contributed by atoms with Crippen molar-refractivity contribution >= 4 is 40.8 Å². The number of amides is 1. The number of hydrogen-bond donors (Lipinski definition) is 2. The van der Waals surface area contributed by atoms with E-state index in [4.69, 9.17) is 28.3 Å². The minimum atomic E-state index is -1.14. The Morgan fingerprint density at radius 2 is 1.78 bits per heavy atom. The molecule has 0 saturated carbocycles. The van der Waals surface area contributed by atoms with E-state index in [0.717, 1.165) is 0 Å². The van der Waals surface area contributed by atoms with Crippen LogP contribution in [0.1, 0.15) is 13.8 Å². The molecule has 0 aliphatic carbocycles. The SMILES string of the molecule is CC(C(=O)O)=C(C)C(=O)Nc1cccc(Cl)c1Cl. The average Bonchev–Trinajstić information content (AvgIpc) is 2.32. The van der Waals surface area contributed by atoms with E-state index in [2.05, 4.69) is 5.32 Å². The Balaban J connectivity index is 2.99. The summed E-state index contributed by atoms with van der Waals surface area (Å²) in [6.45, 7) is 2.79. The number of rotatable bonds is 3. The fourth-order valence-corrected chi connectivity index (χ4v) is 1.49. The standard InChI is InChI=1S/C12H11Cl2NO3/c1-6(7(2)12(17)18)11(16)15-9-5-3-4-8(13)10(9)14/h3-5H,1-2H3,(H,15,16)(H,17,18). The molecule has 1 rings (SSSR count). The maximum Gasteiger partial charge on any atom is 0.331 e. The lowest BCUT2D eigenvalue weighted by atomic mass is 10.1. The highest BCUT2D eigenvalue weighted by atomic mass is 35.5. The third-order valence-corrected chi connectivity index (χ3v) is 3.24. The van der Waals surface area contributed by atoms with Gasteiger partial charge in [0.15, 0.2) is 0 Å². The van der Waals surface area contributed by atoms with Crippen LogP contribution < -0.4 is 5.32 Å². The van der Waals surface area contributed by atoms with Gasteiger partial charge in [-0.3, -0.25) is 4.79 Å². The maximum absolute atomic E-state index is 11.8. The highest BCUT2D eigenvalue weighted by Gasteiger charge is 2.14. The van der Waals surface area contributed by atoms with Crippen LogP contribution in [0.4, 0.5) is 5.69 Å². The van der Waals surface area contributed by atoms with Gasteiger partial charge < -0.3 is 10.4 Å². The van der Waals surface area contributed by atoms with E-state index in [1.807, 2.05) is 0 Å². The molecule has 0 unspecified atom stereocenters. The van der Waals surface area contributed by atoms with Crippen molar-refractivity contribution in [2.24, 2.45) is 0 Å². The van der Waals surface area contributed by atoms with Gasteiger partial charge in [0.05, 0.1) is 15.7 Å². The Bertz CT molecular complexity index is 538. The number of aliphatic carboxylic acids is 1. The van der Waals surface area contributed by atoms with Crippen LogP contribution in [0, 0.1) is 0 Å². The van der Waals surface area contributed by atoms with E-state index in [9.17, 15) is 9.59 Å². The predicted molar refractivity (Wildman–Crippen MR) is 71.1 cm³/mol. The number of nitrogens with one attached hydrogen (secondary N) is 1. The van der Waals surface area contributed by atoms with Crippen LogP contribution in [0.25, 0.3) is 0 Å². The fourth-order valence-electron chi connectivity index (χ4n) is 1.15. The van der Waals surface area contributed by atoms with Gasteiger partial charge >= 0.3 is 5.97 Å². The summed E-state index contributed by atoms with van der Waals surface area (Å²) in [4.78, 5) is 22.5. The summed E-state index contributed by atoms with van der Waals surface area (Å²) in [7, 11) is 0. The van der Waals surface area contributed by atoms with Crippen molar-refractivity contribution in [1.29, 1.82) is 0 Å². The highest BCUT2D eigenvalue weighted by Crippen LogP contribution is 2.29. The summed E-state index contributed by atoms with van der Waals surface area (Å²) in [5.41, 5.74) is 0.427. The van der Waals surface area contributed by atoms with Crippen LogP contribution in [0.2, 0.25) is 10.0 Å². The third kappa shape index (κ3) is 3.24. The molecular weight excluding hydrogens is 277 g/mol. The van der Waals surface area contributed by atoms with Crippen LogP contribution in [0.3, 0.4) is 0 Å². The van der Waals surface area contributed by atoms with Crippen molar-refractivity contribution in [2.45, 2.75) is 13.8 Å². The zero-order valence-electron chi connectivity index (χ0n) is 9.75. The first-order valence-electron chi connectivity index (χ1n) is 5.00. The van der Waals surface area contributed by atoms with E-state index >= 15 is 0 Å². The largest absolute Gasteiger partial charge is 0.478 e. The fraction of sp³-hybridized carbons (Fsp3) is 0.167. The second-order valence-electron chi connectivity index (χ2n) is 3.61. The van der Waals surface area contributed by atoms with Crippen LogP contribution in [0.5, 0.6) is 0 Å². The summed E-state index contributed by atoms with van der Waals surface area (Å²) in [5.74, 6) is -1.67. The average molecular weight is 288 g/mol. The van der Waals surface area contributed by atoms with Crippen molar-refractivity contribution in [2.75, 3.05) is 5.32 Å². The summed E-state index contributed by atoms with van der Waals surface area (Å²) in [5, 5.41) is 11.8. The van der Waals surface area contributed by atoms with Gasteiger partial charge in [-0.2, -0.15) is 0 Å². The number of halogens is 2. The molecular formula is C12H11Cl2NO3. The van der Waals surface area contributed by atoms with Crippen LogP contribution in [-0.2, 0) is 9.59 Å².